The molecule has 2 fully saturated rings. The van der Waals surface area contributed by atoms with Crippen LogP contribution in [0, 0.1) is 11.8 Å². The molecule has 2 aliphatic carbocycles. The van der Waals surface area contributed by atoms with E-state index in [2.05, 4.69) is 19.2 Å². The van der Waals surface area contributed by atoms with E-state index in [0.29, 0.717) is 12.0 Å². The summed E-state index contributed by atoms with van der Waals surface area (Å²) >= 11 is 0. The lowest BCUT2D eigenvalue weighted by Crippen LogP contribution is -2.60. The zero-order valence-corrected chi connectivity index (χ0v) is 9.05. The van der Waals surface area contributed by atoms with Gasteiger partial charge in [-0.2, -0.15) is 0 Å². The number of hydrogen-bond acceptors (Lipinski definition) is 2. The molecule has 2 rings (SSSR count). The first-order valence-electron chi connectivity index (χ1n) is 5.62. The summed E-state index contributed by atoms with van der Waals surface area (Å²) in [6.45, 7) is 4.16. The third-order valence-corrected chi connectivity index (χ3v) is 3.83. The smallest absolute Gasteiger partial charge is 0.238 e. The maximum Gasteiger partial charge on any atom is 0.238 e. The number of rotatable bonds is 3. The highest BCUT2D eigenvalue weighted by Crippen LogP contribution is 2.50. The molecule has 1 amide bonds. The number of nitrogens with one attached hydrogen (secondary N) is 1. The van der Waals surface area contributed by atoms with Crippen LogP contribution in [0.3, 0.4) is 0 Å². The number of primary amides is 1. The van der Waals surface area contributed by atoms with Gasteiger partial charge in [0.2, 0.25) is 5.91 Å². The van der Waals surface area contributed by atoms with Crippen LogP contribution in [0.1, 0.15) is 39.5 Å². The molecule has 0 aliphatic heterocycles. The molecule has 2 aliphatic rings. The number of nitrogens with two attached hydrogens (primary N) is 1. The average Bonchev–Trinajstić information content (AvgIpc) is 2.61. The van der Waals surface area contributed by atoms with Crippen molar-refractivity contribution in [2.24, 2.45) is 17.6 Å². The second kappa shape index (κ2) is 3.23. The van der Waals surface area contributed by atoms with Crippen molar-refractivity contribution in [1.29, 1.82) is 0 Å². The second-order valence-corrected chi connectivity index (χ2v) is 5.21. The highest BCUT2D eigenvalue weighted by Gasteiger charge is 2.54. The summed E-state index contributed by atoms with van der Waals surface area (Å²) in [5, 5.41) is 3.41. The van der Waals surface area contributed by atoms with Gasteiger partial charge < -0.3 is 11.1 Å². The van der Waals surface area contributed by atoms with Gasteiger partial charge in [0, 0.05) is 6.04 Å². The second-order valence-electron chi connectivity index (χ2n) is 5.21. The number of fused-ring (bicyclic) bond motifs is 2. The van der Waals surface area contributed by atoms with E-state index in [9.17, 15) is 4.79 Å². The van der Waals surface area contributed by atoms with E-state index < -0.39 is 0 Å². The fourth-order valence-electron chi connectivity index (χ4n) is 3.39. The lowest BCUT2D eigenvalue weighted by molar-refractivity contribution is -0.126. The molecule has 0 radical (unpaired) electrons. The number of carbonyl (C=O) groups is 1. The Balaban J connectivity index is 2.20. The van der Waals surface area contributed by atoms with Crippen molar-refractivity contribution in [2.45, 2.75) is 51.1 Å². The van der Waals surface area contributed by atoms with Crippen LogP contribution >= 0.6 is 0 Å². The van der Waals surface area contributed by atoms with Crippen molar-refractivity contribution in [3.8, 4) is 0 Å². The van der Waals surface area contributed by atoms with Gasteiger partial charge in [0.05, 0.1) is 0 Å². The van der Waals surface area contributed by atoms with Gasteiger partial charge in [-0.15, -0.1) is 0 Å². The van der Waals surface area contributed by atoms with Crippen LogP contribution in [0.5, 0.6) is 0 Å². The lowest BCUT2D eigenvalue weighted by Gasteiger charge is -2.37. The van der Waals surface area contributed by atoms with E-state index in [0.717, 1.165) is 12.3 Å². The van der Waals surface area contributed by atoms with Gasteiger partial charge in [0.25, 0.3) is 0 Å². The van der Waals surface area contributed by atoms with Crippen LogP contribution in [0.2, 0.25) is 0 Å². The third-order valence-electron chi connectivity index (χ3n) is 3.83. The summed E-state index contributed by atoms with van der Waals surface area (Å²) in [5.74, 6) is 1.09. The molecular formula is C11H20N2O. The van der Waals surface area contributed by atoms with Crippen LogP contribution in [0.15, 0.2) is 0 Å². The third kappa shape index (κ3) is 1.34. The van der Waals surface area contributed by atoms with Crippen molar-refractivity contribution in [3.63, 3.8) is 0 Å². The van der Waals surface area contributed by atoms with Crippen molar-refractivity contribution in [2.75, 3.05) is 0 Å². The van der Waals surface area contributed by atoms with Crippen LogP contribution in [0.25, 0.3) is 0 Å². The first-order chi connectivity index (χ1) is 6.54. The molecule has 0 spiro atoms. The Morgan fingerprint density at radius 3 is 2.57 bits per heavy atom. The molecule has 2 bridgehead atoms. The predicted octanol–water partition coefficient (Wildman–Crippen LogP) is 1.03. The Labute approximate surface area is 85.4 Å². The SMILES string of the molecule is CC(C)NC1(C(N)=O)CC2CCC1C2. The largest absolute Gasteiger partial charge is 0.368 e. The molecular weight excluding hydrogens is 176 g/mol. The van der Waals surface area contributed by atoms with Gasteiger partial charge in [-0.05, 0) is 44.9 Å². The highest BCUT2D eigenvalue weighted by molar-refractivity contribution is 5.85. The van der Waals surface area contributed by atoms with Crippen LogP contribution in [0.4, 0.5) is 0 Å². The van der Waals surface area contributed by atoms with Gasteiger partial charge in [0.15, 0.2) is 0 Å². The van der Waals surface area contributed by atoms with Gasteiger partial charge in [-0.1, -0.05) is 6.42 Å². The number of amides is 1. The standard InChI is InChI=1S/C11H20N2O/c1-7(2)13-11(10(12)14)6-8-3-4-9(11)5-8/h7-9,13H,3-6H2,1-2H3,(H2,12,14). The Morgan fingerprint density at radius 1 is 1.50 bits per heavy atom. The first kappa shape index (κ1) is 9.97. The number of hydrogen-bond donors (Lipinski definition) is 2. The summed E-state index contributed by atoms with van der Waals surface area (Å²) in [6, 6.07) is 0.335. The molecule has 0 aromatic rings. The van der Waals surface area contributed by atoms with E-state index in [1.807, 2.05) is 0 Å². The Kier molecular flexibility index (Phi) is 2.30. The maximum absolute atomic E-state index is 11.6. The molecule has 3 heteroatoms. The Hall–Kier alpha value is -0.570. The van der Waals surface area contributed by atoms with E-state index in [1.54, 1.807) is 0 Å². The van der Waals surface area contributed by atoms with E-state index in [4.69, 9.17) is 5.73 Å². The molecule has 0 aromatic carbocycles. The fraction of sp³-hybridized carbons (Fsp3) is 0.909. The molecule has 2 saturated carbocycles. The van der Waals surface area contributed by atoms with Crippen LogP contribution in [-0.2, 0) is 4.79 Å². The minimum atomic E-state index is -0.378. The van der Waals surface area contributed by atoms with Crippen molar-refractivity contribution >= 4 is 5.91 Å². The van der Waals surface area contributed by atoms with Crippen molar-refractivity contribution < 1.29 is 4.79 Å². The molecule has 0 saturated heterocycles. The molecule has 14 heavy (non-hydrogen) atoms. The lowest BCUT2D eigenvalue weighted by atomic mass is 9.80. The zero-order chi connectivity index (χ0) is 10.3. The molecule has 0 aromatic heterocycles. The van der Waals surface area contributed by atoms with Gasteiger partial charge in [-0.3, -0.25) is 4.79 Å². The Bertz CT molecular complexity index is 252. The van der Waals surface area contributed by atoms with E-state index in [-0.39, 0.29) is 11.4 Å². The van der Waals surface area contributed by atoms with Gasteiger partial charge in [0.1, 0.15) is 5.54 Å². The number of carbonyl (C=O) groups excluding carboxylic acids is 1. The van der Waals surface area contributed by atoms with E-state index in [1.165, 1.54) is 19.3 Å². The summed E-state index contributed by atoms with van der Waals surface area (Å²) < 4.78 is 0. The topological polar surface area (TPSA) is 55.1 Å². The molecule has 3 N–H and O–H groups in total. The van der Waals surface area contributed by atoms with Crippen LogP contribution in [-0.4, -0.2) is 17.5 Å². The summed E-state index contributed by atoms with van der Waals surface area (Å²) in [5.41, 5.74) is 5.19. The molecule has 80 valence electrons. The van der Waals surface area contributed by atoms with Gasteiger partial charge in [-0.25, -0.2) is 0 Å². The molecule has 3 unspecified atom stereocenters. The fourth-order valence-corrected chi connectivity index (χ4v) is 3.39. The minimum absolute atomic E-state index is 0.140. The minimum Gasteiger partial charge on any atom is -0.368 e. The van der Waals surface area contributed by atoms with Crippen molar-refractivity contribution in [1.82, 2.24) is 5.32 Å². The molecule has 3 atom stereocenters. The van der Waals surface area contributed by atoms with E-state index >= 15 is 0 Å². The monoisotopic (exact) mass is 196 g/mol. The zero-order valence-electron chi connectivity index (χ0n) is 9.05. The maximum atomic E-state index is 11.6. The van der Waals surface area contributed by atoms with Gasteiger partial charge >= 0.3 is 0 Å². The Morgan fingerprint density at radius 2 is 2.21 bits per heavy atom. The average molecular weight is 196 g/mol. The summed E-state index contributed by atoms with van der Waals surface area (Å²) in [4.78, 5) is 11.6. The highest BCUT2D eigenvalue weighted by atomic mass is 16.1. The summed E-state index contributed by atoms with van der Waals surface area (Å²) in [6.07, 6.45) is 4.63. The normalized spacial score (nSPS) is 40.8. The summed E-state index contributed by atoms with van der Waals surface area (Å²) in [7, 11) is 0. The van der Waals surface area contributed by atoms with Crippen LogP contribution < -0.4 is 11.1 Å². The molecule has 3 nitrogen and oxygen atoms in total. The van der Waals surface area contributed by atoms with Crippen molar-refractivity contribution in [3.05, 3.63) is 0 Å². The quantitative estimate of drug-likeness (QED) is 0.708. The first-order valence-corrected chi connectivity index (χ1v) is 5.62. The molecule has 0 heterocycles. The predicted molar refractivity (Wildman–Crippen MR) is 55.6 cm³/mol.